The highest BCUT2D eigenvalue weighted by Gasteiger charge is 2.11. The monoisotopic (exact) mass is 407 g/mol. The number of carbonyl (C=O) groups excluding carboxylic acids is 2. The summed E-state index contributed by atoms with van der Waals surface area (Å²) in [6.45, 7) is 0. The number of amides is 1. The molecule has 0 heterocycles. The number of hydrogen-bond donors (Lipinski definition) is 1. The minimum Gasteiger partial charge on any atom is -0.469 e. The number of benzene rings is 3. The van der Waals surface area contributed by atoms with E-state index in [1.807, 2.05) is 0 Å². The number of rotatable bonds is 6. The Kier molecular flexibility index (Phi) is 6.70. The van der Waals surface area contributed by atoms with Crippen LogP contribution in [0.15, 0.2) is 72.8 Å². The van der Waals surface area contributed by atoms with Crippen LogP contribution in [0.4, 0.5) is 14.5 Å². The molecule has 3 aromatic carbocycles. The summed E-state index contributed by atoms with van der Waals surface area (Å²) in [5.74, 6) is -1.87. The van der Waals surface area contributed by atoms with Gasteiger partial charge in [0.25, 0.3) is 0 Å². The van der Waals surface area contributed by atoms with Crippen LogP contribution in [0.1, 0.15) is 23.1 Å². The fourth-order valence-electron chi connectivity index (χ4n) is 2.89. The Labute approximate surface area is 172 Å². The van der Waals surface area contributed by atoms with Crippen molar-refractivity contribution in [3.05, 3.63) is 101 Å². The van der Waals surface area contributed by atoms with Crippen LogP contribution in [0.5, 0.6) is 0 Å². The summed E-state index contributed by atoms with van der Waals surface area (Å²) in [7, 11) is 1.21. The molecular formula is C24H19F2NO3. The second-order valence-electron chi connectivity index (χ2n) is 6.50. The van der Waals surface area contributed by atoms with Crippen LogP contribution in [-0.2, 0) is 14.3 Å². The van der Waals surface area contributed by atoms with Crippen molar-refractivity contribution in [1.82, 2.24) is 0 Å². The first-order valence-corrected chi connectivity index (χ1v) is 9.15. The van der Waals surface area contributed by atoms with Crippen LogP contribution < -0.4 is 5.32 Å². The van der Waals surface area contributed by atoms with Gasteiger partial charge in [0.15, 0.2) is 0 Å². The maximum Gasteiger partial charge on any atom is 0.315 e. The highest BCUT2D eigenvalue weighted by Crippen LogP contribution is 2.28. The van der Waals surface area contributed by atoms with Gasteiger partial charge in [-0.2, -0.15) is 0 Å². The van der Waals surface area contributed by atoms with Gasteiger partial charge in [-0.1, -0.05) is 36.4 Å². The SMILES string of the molecule is COC(=O)CC(=O)Nc1ccc(C(=Cc2cccc(F)c2)c2cccc(F)c2)cc1. The van der Waals surface area contributed by atoms with E-state index in [0.717, 1.165) is 5.56 Å². The Hall–Kier alpha value is -3.80. The zero-order valence-corrected chi connectivity index (χ0v) is 16.2. The zero-order chi connectivity index (χ0) is 21.5. The number of halogens is 2. The van der Waals surface area contributed by atoms with E-state index >= 15 is 0 Å². The quantitative estimate of drug-likeness (QED) is 0.353. The molecule has 0 atom stereocenters. The number of methoxy groups -OCH3 is 1. The van der Waals surface area contributed by atoms with E-state index in [1.54, 1.807) is 54.6 Å². The van der Waals surface area contributed by atoms with Gasteiger partial charge in [0.2, 0.25) is 5.91 Å². The van der Waals surface area contributed by atoms with Gasteiger partial charge in [-0.25, -0.2) is 8.78 Å². The Morgan fingerprint density at radius 1 is 0.900 bits per heavy atom. The summed E-state index contributed by atoms with van der Waals surface area (Å²) in [6, 6.07) is 19.1. The Morgan fingerprint density at radius 2 is 1.57 bits per heavy atom. The molecule has 0 unspecified atom stereocenters. The Morgan fingerprint density at radius 3 is 2.20 bits per heavy atom. The normalized spacial score (nSPS) is 11.1. The van der Waals surface area contributed by atoms with Gasteiger partial charge < -0.3 is 10.1 Å². The van der Waals surface area contributed by atoms with Gasteiger partial charge in [0.05, 0.1) is 7.11 Å². The first-order valence-electron chi connectivity index (χ1n) is 9.15. The molecule has 0 fully saturated rings. The van der Waals surface area contributed by atoms with Crippen LogP contribution in [0.25, 0.3) is 11.6 Å². The minimum absolute atomic E-state index is 0.369. The van der Waals surface area contributed by atoms with E-state index in [9.17, 15) is 18.4 Å². The van der Waals surface area contributed by atoms with Crippen molar-refractivity contribution in [2.45, 2.75) is 6.42 Å². The van der Waals surface area contributed by atoms with E-state index in [0.29, 0.717) is 22.4 Å². The first-order chi connectivity index (χ1) is 14.4. The molecule has 0 saturated carbocycles. The van der Waals surface area contributed by atoms with Crippen molar-refractivity contribution in [3.8, 4) is 0 Å². The zero-order valence-electron chi connectivity index (χ0n) is 16.2. The van der Waals surface area contributed by atoms with E-state index in [1.165, 1.54) is 31.4 Å². The summed E-state index contributed by atoms with van der Waals surface area (Å²) >= 11 is 0. The van der Waals surface area contributed by atoms with Crippen LogP contribution in [0, 0.1) is 11.6 Å². The molecule has 152 valence electrons. The average Bonchev–Trinajstić information content (AvgIpc) is 2.72. The minimum atomic E-state index is -0.629. The van der Waals surface area contributed by atoms with Crippen LogP contribution in [0.2, 0.25) is 0 Å². The van der Waals surface area contributed by atoms with Crippen molar-refractivity contribution >= 4 is 29.2 Å². The number of carbonyl (C=O) groups is 2. The molecule has 4 nitrogen and oxygen atoms in total. The molecule has 0 radical (unpaired) electrons. The first kappa shape index (κ1) is 20.9. The average molecular weight is 407 g/mol. The predicted octanol–water partition coefficient (Wildman–Crippen LogP) is 5.06. The van der Waals surface area contributed by atoms with Gasteiger partial charge in [-0.3, -0.25) is 9.59 Å². The lowest BCUT2D eigenvalue weighted by Crippen LogP contribution is -2.17. The highest BCUT2D eigenvalue weighted by atomic mass is 19.1. The van der Waals surface area contributed by atoms with E-state index in [2.05, 4.69) is 10.1 Å². The van der Waals surface area contributed by atoms with Crippen LogP contribution in [-0.4, -0.2) is 19.0 Å². The predicted molar refractivity (Wildman–Crippen MR) is 111 cm³/mol. The molecule has 0 bridgehead atoms. The standard InChI is InChI=1S/C24H19F2NO3/c1-30-24(29)15-23(28)27-21-10-8-17(9-11-21)22(18-5-3-7-20(26)14-18)13-16-4-2-6-19(25)12-16/h2-14H,15H2,1H3,(H,27,28). The molecule has 30 heavy (non-hydrogen) atoms. The van der Waals surface area contributed by atoms with Crippen molar-refractivity contribution < 1.29 is 23.1 Å². The maximum atomic E-state index is 13.8. The number of nitrogens with one attached hydrogen (secondary N) is 1. The lowest BCUT2D eigenvalue weighted by Gasteiger charge is -2.11. The molecule has 1 amide bonds. The molecule has 1 N–H and O–H groups in total. The van der Waals surface area contributed by atoms with Crippen molar-refractivity contribution in [3.63, 3.8) is 0 Å². The number of ether oxygens (including phenoxy) is 1. The molecule has 0 aliphatic carbocycles. The molecule has 0 spiro atoms. The Balaban J connectivity index is 1.92. The van der Waals surface area contributed by atoms with E-state index in [-0.39, 0.29) is 18.1 Å². The molecule has 6 heteroatoms. The second kappa shape index (κ2) is 9.60. The summed E-state index contributed by atoms with van der Waals surface area (Å²) in [5, 5.41) is 2.61. The molecule has 3 rings (SSSR count). The third-order valence-electron chi connectivity index (χ3n) is 4.31. The van der Waals surface area contributed by atoms with Gasteiger partial charge >= 0.3 is 5.97 Å². The maximum absolute atomic E-state index is 13.8. The topological polar surface area (TPSA) is 55.4 Å². The molecule has 3 aromatic rings. The number of esters is 1. The van der Waals surface area contributed by atoms with Crippen LogP contribution >= 0.6 is 0 Å². The third-order valence-corrected chi connectivity index (χ3v) is 4.31. The molecule has 0 aromatic heterocycles. The molecular weight excluding hydrogens is 388 g/mol. The van der Waals surface area contributed by atoms with Gasteiger partial charge in [0.1, 0.15) is 18.1 Å². The van der Waals surface area contributed by atoms with E-state index in [4.69, 9.17) is 0 Å². The van der Waals surface area contributed by atoms with E-state index < -0.39 is 11.9 Å². The van der Waals surface area contributed by atoms with Crippen molar-refractivity contribution in [1.29, 1.82) is 0 Å². The smallest absolute Gasteiger partial charge is 0.315 e. The summed E-state index contributed by atoms with van der Waals surface area (Å²) in [6.07, 6.45) is 1.38. The largest absolute Gasteiger partial charge is 0.469 e. The lowest BCUT2D eigenvalue weighted by molar-refractivity contribution is -0.142. The van der Waals surface area contributed by atoms with Gasteiger partial charge in [-0.05, 0) is 64.7 Å². The third kappa shape index (κ3) is 5.61. The summed E-state index contributed by atoms with van der Waals surface area (Å²) in [4.78, 5) is 23.0. The number of anilines is 1. The van der Waals surface area contributed by atoms with Gasteiger partial charge in [-0.15, -0.1) is 0 Å². The summed E-state index contributed by atoms with van der Waals surface area (Å²) in [5.41, 5.74) is 3.19. The fourth-order valence-corrected chi connectivity index (χ4v) is 2.89. The van der Waals surface area contributed by atoms with Crippen LogP contribution in [0.3, 0.4) is 0 Å². The number of hydrogen-bond acceptors (Lipinski definition) is 3. The molecule has 0 aliphatic heterocycles. The molecule has 0 saturated heterocycles. The second-order valence-corrected chi connectivity index (χ2v) is 6.50. The summed E-state index contributed by atoms with van der Waals surface area (Å²) < 4.78 is 31.9. The van der Waals surface area contributed by atoms with Gasteiger partial charge in [0, 0.05) is 5.69 Å². The highest BCUT2D eigenvalue weighted by molar-refractivity contribution is 6.02. The van der Waals surface area contributed by atoms with Crippen molar-refractivity contribution in [2.24, 2.45) is 0 Å². The molecule has 0 aliphatic rings. The lowest BCUT2D eigenvalue weighted by atomic mass is 9.95. The van der Waals surface area contributed by atoms with Crippen molar-refractivity contribution in [2.75, 3.05) is 12.4 Å². The fraction of sp³-hybridized carbons (Fsp3) is 0.0833. The Bertz CT molecular complexity index is 1090.